The minimum absolute atomic E-state index is 0.0543. The molecule has 0 saturated heterocycles. The molecule has 31 heavy (non-hydrogen) atoms. The van der Waals surface area contributed by atoms with Crippen LogP contribution in [0.1, 0.15) is 58.5 Å². The summed E-state index contributed by atoms with van der Waals surface area (Å²) < 4.78 is 0. The molecule has 0 aliphatic heterocycles. The van der Waals surface area contributed by atoms with Gasteiger partial charge in [0.1, 0.15) is 0 Å². The summed E-state index contributed by atoms with van der Waals surface area (Å²) in [5.41, 5.74) is 4.27. The van der Waals surface area contributed by atoms with Gasteiger partial charge >= 0.3 is 5.97 Å². The maximum Gasteiger partial charge on any atom is 0.336 e. The number of nitrogens with one attached hydrogen (secondary N) is 1. The van der Waals surface area contributed by atoms with E-state index in [1.807, 2.05) is 48.2 Å². The van der Waals surface area contributed by atoms with Gasteiger partial charge < -0.3 is 15.3 Å². The summed E-state index contributed by atoms with van der Waals surface area (Å²) in [6.45, 7) is 9.45. The van der Waals surface area contributed by atoms with Crippen LogP contribution in [0.4, 0.5) is 11.4 Å². The smallest absolute Gasteiger partial charge is 0.336 e. The second-order valence-electron chi connectivity index (χ2n) is 7.86. The second-order valence-corrected chi connectivity index (χ2v) is 7.86. The van der Waals surface area contributed by atoms with Gasteiger partial charge in [-0.25, -0.2) is 4.79 Å². The second kappa shape index (κ2) is 9.65. The molecule has 0 radical (unpaired) electrons. The summed E-state index contributed by atoms with van der Waals surface area (Å²) >= 11 is 0. The van der Waals surface area contributed by atoms with Crippen molar-refractivity contribution in [3.05, 3.63) is 70.8 Å². The van der Waals surface area contributed by atoms with Crippen molar-refractivity contribution in [1.29, 1.82) is 0 Å². The van der Waals surface area contributed by atoms with Gasteiger partial charge in [0.25, 0.3) is 5.91 Å². The van der Waals surface area contributed by atoms with Gasteiger partial charge in [-0.1, -0.05) is 38.1 Å². The number of anilines is 2. The molecular formula is C26H30N2O3. The maximum absolute atomic E-state index is 13.4. The lowest BCUT2D eigenvalue weighted by Crippen LogP contribution is -2.32. The molecule has 0 fully saturated rings. The van der Waals surface area contributed by atoms with E-state index in [4.69, 9.17) is 0 Å². The van der Waals surface area contributed by atoms with E-state index in [0.717, 1.165) is 53.6 Å². The zero-order valence-corrected chi connectivity index (χ0v) is 18.7. The van der Waals surface area contributed by atoms with E-state index in [1.54, 1.807) is 19.1 Å². The van der Waals surface area contributed by atoms with Crippen LogP contribution in [-0.4, -0.2) is 35.0 Å². The van der Waals surface area contributed by atoms with E-state index >= 15 is 0 Å². The lowest BCUT2D eigenvalue weighted by Gasteiger charge is -2.23. The number of hydrogen-bond donors (Lipinski definition) is 2. The Bertz CT molecular complexity index is 1120. The van der Waals surface area contributed by atoms with Gasteiger partial charge in [-0.15, -0.1) is 0 Å². The molecule has 0 saturated carbocycles. The Hall–Kier alpha value is -3.34. The largest absolute Gasteiger partial charge is 0.478 e. The molecule has 0 aliphatic carbocycles. The van der Waals surface area contributed by atoms with Crippen LogP contribution in [-0.2, 0) is 0 Å². The molecule has 1 amide bonds. The number of hydrogen-bond acceptors (Lipinski definition) is 3. The standard InChI is InChI=1S/C26H30N2O3/c1-5-15-28(16-6-2)25(29)21-13-14-23(20-11-7-9-17(3)24(20)21)27-22-12-8-10-19(18(22)4)26(30)31/h7-14,27H,5-6,15-16H2,1-4H3,(H,30,31). The maximum atomic E-state index is 13.4. The SMILES string of the molecule is CCCN(CCC)C(=O)c1ccc(Nc2cccc(C(=O)O)c2C)c2cccc(C)c12. The molecular weight excluding hydrogens is 388 g/mol. The van der Waals surface area contributed by atoms with Crippen molar-refractivity contribution in [3.8, 4) is 0 Å². The minimum atomic E-state index is -0.949. The van der Waals surface area contributed by atoms with Crippen LogP contribution in [0.2, 0.25) is 0 Å². The van der Waals surface area contributed by atoms with Crippen molar-refractivity contribution in [2.45, 2.75) is 40.5 Å². The van der Waals surface area contributed by atoms with E-state index in [-0.39, 0.29) is 11.5 Å². The van der Waals surface area contributed by atoms with Crippen LogP contribution in [0.3, 0.4) is 0 Å². The van der Waals surface area contributed by atoms with Crippen LogP contribution >= 0.6 is 0 Å². The Labute approximate surface area is 183 Å². The summed E-state index contributed by atoms with van der Waals surface area (Å²) in [4.78, 5) is 26.8. The third-order valence-electron chi connectivity index (χ3n) is 5.59. The average molecular weight is 419 g/mol. The molecule has 2 N–H and O–H groups in total. The van der Waals surface area contributed by atoms with Crippen LogP contribution < -0.4 is 5.32 Å². The van der Waals surface area contributed by atoms with E-state index in [9.17, 15) is 14.7 Å². The first-order valence-corrected chi connectivity index (χ1v) is 10.8. The molecule has 5 nitrogen and oxygen atoms in total. The van der Waals surface area contributed by atoms with Crippen molar-refractivity contribution in [1.82, 2.24) is 4.90 Å². The topological polar surface area (TPSA) is 69.6 Å². The number of carbonyl (C=O) groups is 2. The third-order valence-corrected chi connectivity index (χ3v) is 5.59. The van der Waals surface area contributed by atoms with E-state index in [2.05, 4.69) is 19.2 Å². The van der Waals surface area contributed by atoms with Gasteiger partial charge in [-0.05, 0) is 67.5 Å². The van der Waals surface area contributed by atoms with E-state index in [1.165, 1.54) is 0 Å². The van der Waals surface area contributed by atoms with Crippen molar-refractivity contribution < 1.29 is 14.7 Å². The first-order valence-electron chi connectivity index (χ1n) is 10.8. The van der Waals surface area contributed by atoms with Crippen LogP contribution in [0.5, 0.6) is 0 Å². The summed E-state index contributed by atoms with van der Waals surface area (Å²) in [5, 5.41) is 14.7. The van der Waals surface area contributed by atoms with Crippen molar-refractivity contribution in [3.63, 3.8) is 0 Å². The molecule has 0 spiro atoms. The van der Waals surface area contributed by atoms with Gasteiger partial charge in [0.2, 0.25) is 0 Å². The first-order chi connectivity index (χ1) is 14.9. The van der Waals surface area contributed by atoms with Crippen LogP contribution in [0.25, 0.3) is 10.8 Å². The molecule has 0 aromatic heterocycles. The predicted octanol–water partition coefficient (Wildman–Crippen LogP) is 6.16. The van der Waals surface area contributed by atoms with Crippen LogP contribution in [0, 0.1) is 13.8 Å². The van der Waals surface area contributed by atoms with E-state index < -0.39 is 5.97 Å². The Morgan fingerprint density at radius 3 is 2.19 bits per heavy atom. The number of nitrogens with zero attached hydrogens (tertiary/aromatic N) is 1. The van der Waals surface area contributed by atoms with Gasteiger partial charge in [-0.3, -0.25) is 4.79 Å². The van der Waals surface area contributed by atoms with Gasteiger partial charge in [0.15, 0.2) is 0 Å². The molecule has 0 unspecified atom stereocenters. The predicted molar refractivity (Wildman–Crippen MR) is 127 cm³/mol. The molecule has 3 aromatic carbocycles. The number of carbonyl (C=O) groups excluding carboxylic acids is 1. The summed E-state index contributed by atoms with van der Waals surface area (Å²) in [7, 11) is 0. The molecule has 5 heteroatoms. The summed E-state index contributed by atoms with van der Waals surface area (Å²) in [6.07, 6.45) is 1.84. The zero-order valence-electron chi connectivity index (χ0n) is 18.7. The molecule has 3 aromatic rings. The fourth-order valence-electron chi connectivity index (χ4n) is 4.05. The minimum Gasteiger partial charge on any atom is -0.478 e. The number of carboxylic acids is 1. The van der Waals surface area contributed by atoms with E-state index in [0.29, 0.717) is 11.1 Å². The molecule has 0 bridgehead atoms. The monoisotopic (exact) mass is 418 g/mol. The Kier molecular flexibility index (Phi) is 6.95. The number of amides is 1. The fourth-order valence-corrected chi connectivity index (χ4v) is 4.05. The third kappa shape index (κ3) is 4.55. The van der Waals surface area contributed by atoms with Gasteiger partial charge in [0, 0.05) is 35.4 Å². The normalized spacial score (nSPS) is 10.8. The molecule has 3 rings (SSSR count). The van der Waals surface area contributed by atoms with Crippen molar-refractivity contribution in [2.24, 2.45) is 0 Å². The highest BCUT2D eigenvalue weighted by Gasteiger charge is 2.20. The summed E-state index contributed by atoms with van der Waals surface area (Å²) in [5.74, 6) is -0.895. The Balaban J connectivity index is 2.10. The zero-order chi connectivity index (χ0) is 22.5. The molecule has 0 aliphatic rings. The van der Waals surface area contributed by atoms with Crippen LogP contribution in [0.15, 0.2) is 48.5 Å². The average Bonchev–Trinajstić information content (AvgIpc) is 2.75. The molecule has 0 atom stereocenters. The van der Waals surface area contributed by atoms with Gasteiger partial charge in [-0.2, -0.15) is 0 Å². The number of carboxylic acid groups (broad SMARTS) is 1. The highest BCUT2D eigenvalue weighted by molar-refractivity contribution is 6.12. The lowest BCUT2D eigenvalue weighted by atomic mass is 9.97. The van der Waals surface area contributed by atoms with Crippen molar-refractivity contribution in [2.75, 3.05) is 18.4 Å². The number of rotatable bonds is 8. The number of aromatic carboxylic acids is 1. The number of fused-ring (bicyclic) bond motifs is 1. The highest BCUT2D eigenvalue weighted by atomic mass is 16.4. The molecule has 162 valence electrons. The molecule has 0 heterocycles. The number of benzene rings is 3. The number of aryl methyl sites for hydroxylation is 1. The Morgan fingerprint density at radius 2 is 1.55 bits per heavy atom. The van der Waals surface area contributed by atoms with Gasteiger partial charge in [0.05, 0.1) is 5.56 Å². The first kappa shape index (κ1) is 22.3. The quantitative estimate of drug-likeness (QED) is 0.460. The summed E-state index contributed by atoms with van der Waals surface area (Å²) in [6, 6.07) is 15.0. The Morgan fingerprint density at radius 1 is 0.871 bits per heavy atom. The van der Waals surface area contributed by atoms with Crippen molar-refractivity contribution >= 4 is 34.0 Å². The highest BCUT2D eigenvalue weighted by Crippen LogP contribution is 2.33. The lowest BCUT2D eigenvalue weighted by molar-refractivity contribution is 0.0695. The fraction of sp³-hybridized carbons (Fsp3) is 0.308.